The van der Waals surface area contributed by atoms with Crippen molar-refractivity contribution in [2.45, 2.75) is 38.5 Å². The zero-order valence-electron chi connectivity index (χ0n) is 42.2. The second-order valence-corrected chi connectivity index (χ2v) is 22.3. The summed E-state index contributed by atoms with van der Waals surface area (Å²) in [6.45, 7) is 9.33. The normalized spacial score (nSPS) is 13.9. The van der Waals surface area contributed by atoms with E-state index in [9.17, 15) is 0 Å². The SMILES string of the molecule is CC1(C)c2ccccc2N(c2c(-c3nc(-c4ccccc4)nc(-c4ccccc4)n3)sc3c(N4c5ccccc5C(C)(C)c5ccccc54)c(-c4nc(-c5ccccc5)nc(-c5ccccc5)n4)sc23)c2ccccc21. The number of fused-ring (bicyclic) bond motifs is 5. The van der Waals surface area contributed by atoms with Crippen LogP contribution in [0.5, 0.6) is 0 Å². The van der Waals surface area contributed by atoms with Gasteiger partial charge in [-0.1, -0.05) is 222 Å². The molecule has 14 rings (SSSR count). The third-order valence-electron chi connectivity index (χ3n) is 15.0. The fourth-order valence-corrected chi connectivity index (χ4v) is 14.0. The van der Waals surface area contributed by atoms with Crippen LogP contribution in [0.3, 0.4) is 0 Å². The second kappa shape index (κ2) is 17.9. The fourth-order valence-electron chi connectivity index (χ4n) is 11.3. The molecule has 364 valence electrons. The molecule has 4 aromatic heterocycles. The molecule has 0 N–H and O–H groups in total. The number of anilines is 6. The van der Waals surface area contributed by atoms with Gasteiger partial charge in [0, 0.05) is 33.1 Å². The van der Waals surface area contributed by atoms with E-state index in [4.69, 9.17) is 29.9 Å². The Bertz CT molecular complexity index is 3700. The van der Waals surface area contributed by atoms with Crippen molar-refractivity contribution in [1.29, 1.82) is 0 Å². The van der Waals surface area contributed by atoms with E-state index in [0.717, 1.165) is 75.5 Å². The first kappa shape index (κ1) is 45.6. The Hall–Kier alpha value is -8.96. The number of aromatic nitrogens is 6. The Balaban J connectivity index is 1.15. The van der Waals surface area contributed by atoms with Gasteiger partial charge in [-0.2, -0.15) is 0 Å². The summed E-state index contributed by atoms with van der Waals surface area (Å²) in [4.78, 5) is 39.1. The van der Waals surface area contributed by atoms with E-state index in [-0.39, 0.29) is 10.8 Å². The van der Waals surface area contributed by atoms with E-state index in [0.29, 0.717) is 34.9 Å². The van der Waals surface area contributed by atoms with Crippen LogP contribution in [0.25, 0.3) is 76.4 Å². The van der Waals surface area contributed by atoms with Gasteiger partial charge in [-0.3, -0.25) is 0 Å². The minimum atomic E-state index is -0.306. The molecular formula is C66H48N8S2. The molecule has 0 amide bonds. The maximum atomic E-state index is 5.49. The standard InChI is InChI=1S/C66H48N8S2/c1-65(2)45-33-17-21-37-49(45)73(50-38-22-18-34-46(50)65)53-55-56(76-57(53)63-69-59(41-25-9-5-10-26-41)67-60(70-63)42-27-11-6-12-28-42)54(74-51-39-23-19-35-47(51)66(3,4)48-36-20-24-40-52(48)74)58(75-55)64-71-61(43-29-13-7-14-30-43)68-62(72-64)44-31-15-8-16-32-44/h5-40H,1-4H3. The molecule has 0 radical (unpaired) electrons. The third kappa shape index (κ3) is 7.31. The summed E-state index contributed by atoms with van der Waals surface area (Å²) in [7, 11) is 0. The summed E-state index contributed by atoms with van der Waals surface area (Å²) in [5.41, 5.74) is 14.2. The number of hydrogen-bond donors (Lipinski definition) is 0. The van der Waals surface area contributed by atoms with E-state index >= 15 is 0 Å². The molecule has 0 unspecified atom stereocenters. The molecule has 2 aliphatic heterocycles. The molecular weight excluding hydrogens is 969 g/mol. The first-order valence-corrected chi connectivity index (χ1v) is 27.2. The van der Waals surface area contributed by atoms with Crippen LogP contribution in [0.1, 0.15) is 49.9 Å². The van der Waals surface area contributed by atoms with Gasteiger partial charge in [0.05, 0.1) is 53.3 Å². The highest BCUT2D eigenvalue weighted by Gasteiger charge is 2.43. The van der Waals surface area contributed by atoms with Crippen molar-refractivity contribution < 1.29 is 0 Å². The van der Waals surface area contributed by atoms with Crippen LogP contribution in [-0.2, 0) is 10.8 Å². The van der Waals surface area contributed by atoms with Gasteiger partial charge < -0.3 is 9.80 Å². The van der Waals surface area contributed by atoms with E-state index in [2.05, 4.69) is 183 Å². The lowest BCUT2D eigenvalue weighted by Gasteiger charge is -2.42. The van der Waals surface area contributed by atoms with Gasteiger partial charge in [0.25, 0.3) is 0 Å². The lowest BCUT2D eigenvalue weighted by molar-refractivity contribution is 0.632. The van der Waals surface area contributed by atoms with Crippen molar-refractivity contribution in [2.24, 2.45) is 0 Å². The van der Waals surface area contributed by atoms with Gasteiger partial charge in [0.2, 0.25) is 0 Å². The molecule has 0 aliphatic carbocycles. The minimum absolute atomic E-state index is 0.306. The summed E-state index contributed by atoms with van der Waals surface area (Å²) < 4.78 is 2.11. The zero-order chi connectivity index (χ0) is 51.1. The Kier molecular flexibility index (Phi) is 10.7. The number of thiophene rings is 2. The Morgan fingerprint density at radius 3 is 0.763 bits per heavy atom. The fraction of sp³-hybridized carbons (Fsp3) is 0.0909. The molecule has 0 bridgehead atoms. The molecule has 0 spiro atoms. The summed E-state index contributed by atoms with van der Waals surface area (Å²) >= 11 is 3.43. The maximum Gasteiger partial charge on any atom is 0.176 e. The van der Waals surface area contributed by atoms with Crippen LogP contribution >= 0.6 is 22.7 Å². The average molecular weight is 1020 g/mol. The molecule has 76 heavy (non-hydrogen) atoms. The van der Waals surface area contributed by atoms with Crippen molar-refractivity contribution in [2.75, 3.05) is 9.80 Å². The van der Waals surface area contributed by atoms with Gasteiger partial charge in [0.1, 0.15) is 0 Å². The van der Waals surface area contributed by atoms with E-state index in [1.165, 1.54) is 22.3 Å². The number of rotatable bonds is 8. The molecule has 10 heteroatoms. The zero-order valence-corrected chi connectivity index (χ0v) is 43.8. The first-order chi connectivity index (χ1) is 37.2. The largest absolute Gasteiger partial charge is 0.307 e. The monoisotopic (exact) mass is 1020 g/mol. The highest BCUT2D eigenvalue weighted by Crippen LogP contribution is 2.64. The number of para-hydroxylation sites is 4. The third-order valence-corrected chi connectivity index (χ3v) is 17.5. The topological polar surface area (TPSA) is 83.8 Å². The highest BCUT2D eigenvalue weighted by molar-refractivity contribution is 7.33. The van der Waals surface area contributed by atoms with Crippen molar-refractivity contribution in [3.05, 3.63) is 241 Å². The van der Waals surface area contributed by atoms with Crippen LogP contribution in [-0.4, -0.2) is 29.9 Å². The summed E-state index contributed by atoms with van der Waals surface area (Å²) in [5.74, 6) is 3.57. The van der Waals surface area contributed by atoms with E-state index in [1.54, 1.807) is 22.7 Å². The summed E-state index contributed by atoms with van der Waals surface area (Å²) in [5, 5.41) is 0. The molecule has 12 aromatic rings. The lowest BCUT2D eigenvalue weighted by atomic mass is 9.73. The smallest absolute Gasteiger partial charge is 0.176 e. The average Bonchev–Trinajstić information content (AvgIpc) is 4.06. The number of nitrogens with zero attached hydrogens (tertiary/aromatic N) is 8. The molecule has 8 aromatic carbocycles. The number of benzene rings is 8. The van der Waals surface area contributed by atoms with Crippen LogP contribution < -0.4 is 9.80 Å². The van der Waals surface area contributed by atoms with Crippen LogP contribution in [0.4, 0.5) is 34.1 Å². The van der Waals surface area contributed by atoms with Gasteiger partial charge in [-0.05, 0) is 46.5 Å². The maximum absolute atomic E-state index is 5.49. The minimum Gasteiger partial charge on any atom is -0.307 e. The molecule has 8 nitrogen and oxygen atoms in total. The highest BCUT2D eigenvalue weighted by atomic mass is 32.1. The quantitative estimate of drug-likeness (QED) is 0.149. The lowest BCUT2D eigenvalue weighted by Crippen LogP contribution is -2.30. The van der Waals surface area contributed by atoms with E-state index < -0.39 is 0 Å². The van der Waals surface area contributed by atoms with Crippen molar-refractivity contribution in [3.8, 4) is 67.0 Å². The molecule has 0 atom stereocenters. The first-order valence-electron chi connectivity index (χ1n) is 25.5. The molecule has 6 heterocycles. The van der Waals surface area contributed by atoms with Crippen molar-refractivity contribution in [1.82, 2.24) is 29.9 Å². The van der Waals surface area contributed by atoms with Gasteiger partial charge >= 0.3 is 0 Å². The van der Waals surface area contributed by atoms with Gasteiger partial charge in [0.15, 0.2) is 34.9 Å². The van der Waals surface area contributed by atoms with Crippen molar-refractivity contribution in [3.63, 3.8) is 0 Å². The molecule has 2 aliphatic rings. The summed E-state index contributed by atoms with van der Waals surface area (Å²) in [6, 6.07) is 76.3. The van der Waals surface area contributed by atoms with Crippen LogP contribution in [0.2, 0.25) is 0 Å². The molecule has 0 saturated heterocycles. The predicted octanol–water partition coefficient (Wildman–Crippen LogP) is 17.6. The van der Waals surface area contributed by atoms with Crippen LogP contribution in [0, 0.1) is 0 Å². The second-order valence-electron chi connectivity index (χ2n) is 20.3. The Labute approximate surface area is 449 Å². The Morgan fingerprint density at radius 2 is 0.500 bits per heavy atom. The predicted molar refractivity (Wildman–Crippen MR) is 313 cm³/mol. The number of hydrogen-bond acceptors (Lipinski definition) is 10. The van der Waals surface area contributed by atoms with Gasteiger partial charge in [-0.25, -0.2) is 29.9 Å². The molecule has 0 saturated carbocycles. The van der Waals surface area contributed by atoms with Gasteiger partial charge in [-0.15, -0.1) is 22.7 Å². The van der Waals surface area contributed by atoms with E-state index in [1.807, 2.05) is 72.8 Å². The van der Waals surface area contributed by atoms with Crippen molar-refractivity contribution >= 4 is 66.2 Å². The van der Waals surface area contributed by atoms with Crippen LogP contribution in [0.15, 0.2) is 218 Å². The Morgan fingerprint density at radius 1 is 0.276 bits per heavy atom. The summed E-state index contributed by atoms with van der Waals surface area (Å²) in [6.07, 6.45) is 0. The molecule has 0 fully saturated rings.